The van der Waals surface area contributed by atoms with Crippen LogP contribution >= 0.6 is 11.8 Å². The van der Waals surface area contributed by atoms with Gasteiger partial charge in [-0.1, -0.05) is 11.8 Å². The Kier molecular flexibility index (Phi) is 4.28. The Morgan fingerprint density at radius 1 is 1.46 bits per heavy atom. The maximum Gasteiger partial charge on any atom is 0.410 e. The van der Waals surface area contributed by atoms with Crippen molar-refractivity contribution in [1.82, 2.24) is 24.5 Å². The Morgan fingerprint density at radius 3 is 2.83 bits per heavy atom. The molecule has 1 atom stereocenters. The van der Waals surface area contributed by atoms with Gasteiger partial charge in [-0.15, -0.1) is 10.2 Å². The molecule has 0 N–H and O–H groups in total. The predicted octanol–water partition coefficient (Wildman–Crippen LogP) is 1.95. The van der Waals surface area contributed by atoms with Crippen molar-refractivity contribution in [1.29, 1.82) is 0 Å². The van der Waals surface area contributed by atoms with Crippen molar-refractivity contribution < 1.29 is 18.0 Å². The standard InChI is InChI=1S/C13H15F3N6OS/c1-8-5-10-21(4-3-9(13(14,15)16)22(10)19-8)11(23)6-24-12-18-17-7-20(12)2/h5,7,9H,3-4,6H2,1-2H3. The van der Waals surface area contributed by atoms with Crippen LogP contribution in [0.3, 0.4) is 0 Å². The lowest BCUT2D eigenvalue weighted by atomic mass is 10.1. The minimum Gasteiger partial charge on any atom is -0.312 e. The van der Waals surface area contributed by atoms with Crippen molar-refractivity contribution in [3.63, 3.8) is 0 Å². The van der Waals surface area contributed by atoms with Gasteiger partial charge in [-0.05, 0) is 13.3 Å². The molecule has 0 spiro atoms. The second-order valence-corrected chi connectivity index (χ2v) is 6.44. The van der Waals surface area contributed by atoms with Gasteiger partial charge in [-0.25, -0.2) is 4.68 Å². The number of nitrogens with zero attached hydrogens (tertiary/aromatic N) is 6. The fraction of sp³-hybridized carbons (Fsp3) is 0.538. The molecule has 1 aliphatic heterocycles. The zero-order valence-electron chi connectivity index (χ0n) is 13.0. The lowest BCUT2D eigenvalue weighted by molar-refractivity contribution is -0.172. The normalized spacial score (nSPS) is 17.9. The van der Waals surface area contributed by atoms with Crippen LogP contribution in [0.2, 0.25) is 0 Å². The monoisotopic (exact) mass is 360 g/mol. The second kappa shape index (κ2) is 6.11. The summed E-state index contributed by atoms with van der Waals surface area (Å²) < 4.78 is 42.0. The summed E-state index contributed by atoms with van der Waals surface area (Å²) in [4.78, 5) is 13.8. The molecule has 7 nitrogen and oxygen atoms in total. The number of hydrogen-bond acceptors (Lipinski definition) is 5. The lowest BCUT2D eigenvalue weighted by Crippen LogP contribution is -2.43. The van der Waals surface area contributed by atoms with Gasteiger partial charge in [0.2, 0.25) is 5.91 Å². The number of halogens is 3. The van der Waals surface area contributed by atoms with Crippen molar-refractivity contribution in [2.75, 3.05) is 17.2 Å². The highest BCUT2D eigenvalue weighted by Gasteiger charge is 2.46. The molecule has 3 heterocycles. The summed E-state index contributed by atoms with van der Waals surface area (Å²) in [5, 5.41) is 12.1. The number of alkyl halides is 3. The first-order chi connectivity index (χ1) is 11.3. The van der Waals surface area contributed by atoms with Gasteiger partial charge in [0.1, 0.15) is 12.1 Å². The van der Waals surface area contributed by atoms with E-state index in [9.17, 15) is 18.0 Å². The number of carbonyl (C=O) groups is 1. The van der Waals surface area contributed by atoms with Gasteiger partial charge in [0, 0.05) is 19.7 Å². The van der Waals surface area contributed by atoms with Gasteiger partial charge in [-0.3, -0.25) is 9.69 Å². The van der Waals surface area contributed by atoms with Crippen LogP contribution in [-0.2, 0) is 11.8 Å². The van der Waals surface area contributed by atoms with Crippen molar-refractivity contribution in [2.45, 2.75) is 30.7 Å². The van der Waals surface area contributed by atoms with Crippen LogP contribution in [0.1, 0.15) is 18.2 Å². The summed E-state index contributed by atoms with van der Waals surface area (Å²) >= 11 is 1.19. The van der Waals surface area contributed by atoms with Gasteiger partial charge in [0.25, 0.3) is 0 Å². The Balaban J connectivity index is 1.79. The maximum absolute atomic E-state index is 13.1. The van der Waals surface area contributed by atoms with E-state index >= 15 is 0 Å². The number of thioether (sulfide) groups is 1. The molecule has 1 unspecified atom stereocenters. The molecule has 0 bridgehead atoms. The van der Waals surface area contributed by atoms with Crippen LogP contribution in [0.15, 0.2) is 17.6 Å². The number of aryl methyl sites for hydroxylation is 2. The third-order valence-corrected chi connectivity index (χ3v) is 4.73. The topological polar surface area (TPSA) is 68.8 Å². The molecular formula is C13H15F3N6OS. The minimum atomic E-state index is -4.39. The molecule has 3 rings (SSSR count). The first-order valence-electron chi connectivity index (χ1n) is 7.17. The molecular weight excluding hydrogens is 345 g/mol. The average Bonchev–Trinajstić information content (AvgIpc) is 3.07. The van der Waals surface area contributed by atoms with Crippen LogP contribution in [0, 0.1) is 6.92 Å². The van der Waals surface area contributed by atoms with Crippen molar-refractivity contribution >= 4 is 23.5 Å². The maximum atomic E-state index is 13.1. The van der Waals surface area contributed by atoms with E-state index in [1.165, 1.54) is 29.1 Å². The summed E-state index contributed by atoms with van der Waals surface area (Å²) in [6.07, 6.45) is -3.09. The molecule has 1 aliphatic rings. The summed E-state index contributed by atoms with van der Waals surface area (Å²) in [7, 11) is 1.75. The smallest absolute Gasteiger partial charge is 0.312 e. The van der Waals surface area contributed by atoms with E-state index in [-0.39, 0.29) is 30.4 Å². The predicted molar refractivity (Wildman–Crippen MR) is 80.8 cm³/mol. The third-order valence-electron chi connectivity index (χ3n) is 3.71. The first kappa shape index (κ1) is 16.8. The van der Waals surface area contributed by atoms with Crippen molar-refractivity contribution in [3.8, 4) is 0 Å². The van der Waals surface area contributed by atoms with Crippen molar-refractivity contribution in [2.24, 2.45) is 7.05 Å². The van der Waals surface area contributed by atoms with E-state index < -0.39 is 12.2 Å². The molecule has 2 aromatic heterocycles. The SMILES string of the molecule is Cc1cc2n(n1)C(C(F)(F)F)CCN2C(=O)CSc1nncn1C. The van der Waals surface area contributed by atoms with Crippen LogP contribution in [-0.4, -0.2) is 48.9 Å². The molecule has 0 fully saturated rings. The van der Waals surface area contributed by atoms with E-state index in [0.717, 1.165) is 4.68 Å². The summed E-state index contributed by atoms with van der Waals surface area (Å²) in [6.45, 7) is 1.61. The quantitative estimate of drug-likeness (QED) is 0.783. The van der Waals surface area contributed by atoms with Crippen LogP contribution in [0.5, 0.6) is 0 Å². The van der Waals surface area contributed by atoms with E-state index in [2.05, 4.69) is 15.3 Å². The highest BCUT2D eigenvalue weighted by molar-refractivity contribution is 7.99. The Morgan fingerprint density at radius 2 is 2.21 bits per heavy atom. The molecule has 1 amide bonds. The van der Waals surface area contributed by atoms with E-state index in [1.54, 1.807) is 18.5 Å². The molecule has 0 aromatic carbocycles. The molecule has 2 aromatic rings. The molecule has 130 valence electrons. The summed E-state index contributed by atoms with van der Waals surface area (Å²) in [5.41, 5.74) is 0.444. The Hall–Kier alpha value is -2.04. The van der Waals surface area contributed by atoms with Gasteiger partial charge in [0.15, 0.2) is 11.2 Å². The molecule has 11 heteroatoms. The number of rotatable bonds is 3. The highest BCUT2D eigenvalue weighted by Crippen LogP contribution is 2.39. The number of aromatic nitrogens is 5. The largest absolute Gasteiger partial charge is 0.410 e. The second-order valence-electron chi connectivity index (χ2n) is 5.49. The highest BCUT2D eigenvalue weighted by atomic mass is 32.2. The van der Waals surface area contributed by atoms with E-state index in [0.29, 0.717) is 10.9 Å². The number of amides is 1. The zero-order chi connectivity index (χ0) is 17.5. The van der Waals surface area contributed by atoms with Crippen LogP contribution in [0.25, 0.3) is 0 Å². The molecule has 0 aliphatic carbocycles. The summed E-state index contributed by atoms with van der Waals surface area (Å²) in [6, 6.07) is -0.195. The van der Waals surface area contributed by atoms with Gasteiger partial charge < -0.3 is 4.57 Å². The van der Waals surface area contributed by atoms with Gasteiger partial charge >= 0.3 is 6.18 Å². The first-order valence-corrected chi connectivity index (χ1v) is 8.16. The van der Waals surface area contributed by atoms with Crippen molar-refractivity contribution in [3.05, 3.63) is 18.1 Å². The number of anilines is 1. The number of hydrogen-bond donors (Lipinski definition) is 0. The van der Waals surface area contributed by atoms with E-state index in [4.69, 9.17) is 0 Å². The number of carbonyl (C=O) groups excluding carboxylic acids is 1. The molecule has 0 saturated heterocycles. The van der Waals surface area contributed by atoms with Crippen LogP contribution in [0.4, 0.5) is 19.0 Å². The zero-order valence-corrected chi connectivity index (χ0v) is 13.8. The summed E-state index contributed by atoms with van der Waals surface area (Å²) in [5.74, 6) is -0.0395. The average molecular weight is 360 g/mol. The van der Waals surface area contributed by atoms with E-state index in [1.807, 2.05) is 0 Å². The van der Waals surface area contributed by atoms with Crippen LogP contribution < -0.4 is 4.90 Å². The Bertz CT molecular complexity index is 755. The Labute approximate surface area is 139 Å². The fourth-order valence-corrected chi connectivity index (χ4v) is 3.35. The van der Waals surface area contributed by atoms with Gasteiger partial charge in [-0.2, -0.15) is 18.3 Å². The third kappa shape index (κ3) is 3.12. The van der Waals surface area contributed by atoms with Gasteiger partial charge in [0.05, 0.1) is 11.4 Å². The number of fused-ring (bicyclic) bond motifs is 1. The molecule has 24 heavy (non-hydrogen) atoms. The lowest BCUT2D eigenvalue weighted by Gasteiger charge is -2.33. The minimum absolute atomic E-state index is 0.00746. The molecule has 0 radical (unpaired) electrons. The fourth-order valence-electron chi connectivity index (χ4n) is 2.58. The molecule has 0 saturated carbocycles.